The molecule has 1 aromatic rings. The smallest absolute Gasteiger partial charge is 0.329 e. The Morgan fingerprint density at radius 1 is 1.26 bits per heavy atom. The van der Waals surface area contributed by atoms with Gasteiger partial charge in [-0.3, -0.25) is 4.79 Å². The number of carbonyl (C=O) groups excluding carboxylic acids is 1. The Hall–Kier alpha value is -1.70. The maximum absolute atomic E-state index is 13.3. The minimum atomic E-state index is -4.62. The molecule has 19 heavy (non-hydrogen) atoms. The lowest BCUT2D eigenvalue weighted by atomic mass is 10.1. The Labute approximate surface area is 105 Å². The summed E-state index contributed by atoms with van der Waals surface area (Å²) in [5.41, 5.74) is 4.49. The summed E-state index contributed by atoms with van der Waals surface area (Å²) in [7, 11) is 0. The first-order valence-electron chi connectivity index (χ1n) is 5.25. The van der Waals surface area contributed by atoms with Crippen molar-refractivity contribution in [2.75, 3.05) is 19.6 Å². The molecule has 1 amide bonds. The maximum atomic E-state index is 13.3. The molecule has 0 fully saturated rings. The van der Waals surface area contributed by atoms with Crippen molar-refractivity contribution in [3.05, 3.63) is 35.4 Å². The first-order chi connectivity index (χ1) is 8.74. The zero-order valence-electron chi connectivity index (χ0n) is 9.68. The van der Waals surface area contributed by atoms with Gasteiger partial charge in [-0.2, -0.15) is 13.2 Å². The molecule has 0 aliphatic heterocycles. The lowest BCUT2D eigenvalue weighted by molar-refractivity contribution is -0.140. The minimum absolute atomic E-state index is 0.204. The number of amides is 1. The average Bonchev–Trinajstić information content (AvgIpc) is 2.26. The second-order valence-electron chi connectivity index (χ2n) is 3.75. The third-order valence-corrected chi connectivity index (χ3v) is 2.22. The Kier molecular flexibility index (Phi) is 4.82. The van der Waals surface area contributed by atoms with Gasteiger partial charge in [0.05, 0.1) is 5.56 Å². The lowest BCUT2D eigenvalue weighted by Crippen LogP contribution is -2.42. The van der Waals surface area contributed by atoms with Gasteiger partial charge in [0.15, 0.2) is 0 Å². The van der Waals surface area contributed by atoms with Gasteiger partial charge in [-0.1, -0.05) is 0 Å². The van der Waals surface area contributed by atoms with E-state index in [1.165, 1.54) is 0 Å². The highest BCUT2D eigenvalue weighted by atomic mass is 19.4. The molecular formula is C11H11F5N2O. The monoisotopic (exact) mass is 282 g/mol. The third-order valence-electron chi connectivity index (χ3n) is 2.22. The Bertz CT molecular complexity index is 461. The predicted molar refractivity (Wildman–Crippen MR) is 57.4 cm³/mol. The lowest BCUT2D eigenvalue weighted by Gasteiger charge is -2.23. The molecule has 8 heteroatoms. The van der Waals surface area contributed by atoms with Crippen LogP contribution in [0.3, 0.4) is 0 Å². The summed E-state index contributed by atoms with van der Waals surface area (Å²) in [6, 6.07) is 2.03. The highest BCUT2D eigenvalue weighted by molar-refractivity contribution is 5.94. The van der Waals surface area contributed by atoms with Crippen molar-refractivity contribution in [2.24, 2.45) is 5.73 Å². The van der Waals surface area contributed by atoms with Gasteiger partial charge in [0.25, 0.3) is 5.91 Å². The van der Waals surface area contributed by atoms with Crippen LogP contribution in [0.2, 0.25) is 0 Å². The van der Waals surface area contributed by atoms with Crippen molar-refractivity contribution in [2.45, 2.75) is 6.18 Å². The van der Waals surface area contributed by atoms with E-state index >= 15 is 0 Å². The number of alkyl halides is 3. The molecule has 0 atom stereocenters. The third kappa shape index (κ3) is 4.47. The fourth-order valence-corrected chi connectivity index (χ4v) is 1.46. The Balaban J connectivity index is 2.99. The van der Waals surface area contributed by atoms with Crippen LogP contribution in [0.1, 0.15) is 10.4 Å². The van der Waals surface area contributed by atoms with Crippen molar-refractivity contribution in [3.8, 4) is 0 Å². The van der Waals surface area contributed by atoms with Crippen LogP contribution in [0, 0.1) is 11.6 Å². The molecule has 1 rings (SSSR count). The SMILES string of the molecule is NCCN(CC(F)(F)F)C(=O)c1ccc(F)cc1F. The highest BCUT2D eigenvalue weighted by Gasteiger charge is 2.33. The van der Waals surface area contributed by atoms with Gasteiger partial charge in [-0.15, -0.1) is 0 Å². The van der Waals surface area contributed by atoms with Gasteiger partial charge in [0.2, 0.25) is 0 Å². The van der Waals surface area contributed by atoms with Crippen molar-refractivity contribution >= 4 is 5.91 Å². The second-order valence-corrected chi connectivity index (χ2v) is 3.75. The molecule has 0 radical (unpaired) electrons. The number of nitrogens with two attached hydrogens (primary N) is 1. The summed E-state index contributed by atoms with van der Waals surface area (Å²) in [6.07, 6.45) is -4.62. The Morgan fingerprint density at radius 2 is 1.89 bits per heavy atom. The molecule has 3 nitrogen and oxygen atoms in total. The normalized spacial score (nSPS) is 11.5. The second kappa shape index (κ2) is 5.96. The number of hydrogen-bond acceptors (Lipinski definition) is 2. The van der Waals surface area contributed by atoms with E-state index in [1.807, 2.05) is 0 Å². The topological polar surface area (TPSA) is 46.3 Å². The first kappa shape index (κ1) is 15.4. The fraction of sp³-hybridized carbons (Fsp3) is 0.364. The van der Waals surface area contributed by atoms with Crippen molar-refractivity contribution in [1.29, 1.82) is 0 Å². The van der Waals surface area contributed by atoms with Crippen LogP contribution in [0.15, 0.2) is 18.2 Å². The minimum Gasteiger partial charge on any atom is -0.329 e. The van der Waals surface area contributed by atoms with Gasteiger partial charge in [0.1, 0.15) is 18.2 Å². The zero-order chi connectivity index (χ0) is 14.6. The first-order valence-corrected chi connectivity index (χ1v) is 5.25. The maximum Gasteiger partial charge on any atom is 0.406 e. The van der Waals surface area contributed by atoms with Crippen LogP contribution in [0.5, 0.6) is 0 Å². The largest absolute Gasteiger partial charge is 0.406 e. The summed E-state index contributed by atoms with van der Waals surface area (Å²) < 4.78 is 62.8. The summed E-state index contributed by atoms with van der Waals surface area (Å²) in [5.74, 6) is -3.32. The fourth-order valence-electron chi connectivity index (χ4n) is 1.46. The van der Waals surface area contributed by atoms with Gasteiger partial charge in [-0.25, -0.2) is 8.78 Å². The number of rotatable bonds is 4. The van der Waals surface area contributed by atoms with E-state index in [9.17, 15) is 26.7 Å². The standard InChI is InChI=1S/C11H11F5N2O/c12-7-1-2-8(9(13)5-7)10(19)18(4-3-17)6-11(14,15)16/h1-2,5H,3-4,6,17H2. The van der Waals surface area contributed by atoms with Crippen LogP contribution in [0.25, 0.3) is 0 Å². The van der Waals surface area contributed by atoms with Crippen LogP contribution in [-0.4, -0.2) is 36.6 Å². The van der Waals surface area contributed by atoms with Crippen LogP contribution in [0.4, 0.5) is 22.0 Å². The number of nitrogens with zero attached hydrogens (tertiary/aromatic N) is 1. The van der Waals surface area contributed by atoms with E-state index in [4.69, 9.17) is 5.73 Å². The molecule has 0 aliphatic rings. The van der Waals surface area contributed by atoms with E-state index in [0.717, 1.165) is 12.1 Å². The van der Waals surface area contributed by atoms with E-state index in [-0.39, 0.29) is 13.1 Å². The van der Waals surface area contributed by atoms with Gasteiger partial charge < -0.3 is 10.6 Å². The molecule has 0 unspecified atom stereocenters. The molecule has 0 aromatic heterocycles. The summed E-state index contributed by atoms with van der Waals surface area (Å²) in [5, 5.41) is 0. The quantitative estimate of drug-likeness (QED) is 0.858. The van der Waals surface area contributed by atoms with E-state index in [0.29, 0.717) is 11.0 Å². The van der Waals surface area contributed by atoms with Crippen LogP contribution >= 0.6 is 0 Å². The molecule has 0 saturated heterocycles. The van der Waals surface area contributed by atoms with Gasteiger partial charge >= 0.3 is 6.18 Å². The number of halogens is 5. The number of benzene rings is 1. The van der Waals surface area contributed by atoms with Gasteiger partial charge in [0, 0.05) is 19.2 Å². The van der Waals surface area contributed by atoms with Crippen molar-refractivity contribution in [3.63, 3.8) is 0 Å². The molecule has 0 heterocycles. The van der Waals surface area contributed by atoms with Crippen LogP contribution < -0.4 is 5.73 Å². The molecule has 0 aliphatic carbocycles. The summed E-state index contributed by atoms with van der Waals surface area (Å²) >= 11 is 0. The highest BCUT2D eigenvalue weighted by Crippen LogP contribution is 2.19. The van der Waals surface area contributed by atoms with E-state index in [1.54, 1.807) is 0 Å². The van der Waals surface area contributed by atoms with E-state index in [2.05, 4.69) is 0 Å². The molecule has 0 saturated carbocycles. The van der Waals surface area contributed by atoms with E-state index < -0.39 is 35.8 Å². The molecular weight excluding hydrogens is 271 g/mol. The van der Waals surface area contributed by atoms with Crippen molar-refractivity contribution < 1.29 is 26.7 Å². The number of hydrogen-bond donors (Lipinski definition) is 1. The molecule has 0 bridgehead atoms. The zero-order valence-corrected chi connectivity index (χ0v) is 9.68. The molecule has 0 spiro atoms. The van der Waals surface area contributed by atoms with Crippen molar-refractivity contribution in [1.82, 2.24) is 4.90 Å². The van der Waals surface area contributed by atoms with Gasteiger partial charge in [-0.05, 0) is 12.1 Å². The summed E-state index contributed by atoms with van der Waals surface area (Å²) in [6.45, 7) is -2.13. The number of carbonyl (C=O) groups is 1. The van der Waals surface area contributed by atoms with Crippen LogP contribution in [-0.2, 0) is 0 Å². The predicted octanol–water partition coefficient (Wildman–Crippen LogP) is 1.93. The molecule has 2 N–H and O–H groups in total. The molecule has 1 aromatic carbocycles. The summed E-state index contributed by atoms with van der Waals surface area (Å²) in [4.78, 5) is 12.1. The average molecular weight is 282 g/mol. The molecule has 106 valence electrons. The Morgan fingerprint density at radius 3 is 2.37 bits per heavy atom.